The molecular formula is C11H22N2O3. The van der Waals surface area contributed by atoms with E-state index in [4.69, 9.17) is 4.74 Å². The predicted molar refractivity (Wildman–Crippen MR) is 61.2 cm³/mol. The summed E-state index contributed by atoms with van der Waals surface area (Å²) in [5.41, 5.74) is -0.492. The van der Waals surface area contributed by atoms with Gasteiger partial charge in [0.1, 0.15) is 5.60 Å². The van der Waals surface area contributed by atoms with Crippen molar-refractivity contribution in [1.29, 1.82) is 0 Å². The fourth-order valence-electron chi connectivity index (χ4n) is 1.69. The first-order chi connectivity index (χ1) is 7.28. The van der Waals surface area contributed by atoms with Crippen LogP contribution in [0.15, 0.2) is 0 Å². The fraction of sp³-hybridized carbons (Fsp3) is 0.909. The molecular weight excluding hydrogens is 208 g/mol. The summed E-state index contributed by atoms with van der Waals surface area (Å²) in [5.74, 6) is 0. The smallest absolute Gasteiger partial charge is 0.407 e. The van der Waals surface area contributed by atoms with Crippen LogP contribution in [-0.4, -0.2) is 41.5 Å². The van der Waals surface area contributed by atoms with Gasteiger partial charge in [0, 0.05) is 18.6 Å². The number of alkyl carbamates (subject to hydrolysis) is 1. The van der Waals surface area contributed by atoms with E-state index < -0.39 is 17.8 Å². The Morgan fingerprint density at radius 3 is 2.69 bits per heavy atom. The van der Waals surface area contributed by atoms with Crippen molar-refractivity contribution < 1.29 is 14.6 Å². The molecule has 5 nitrogen and oxygen atoms in total. The average molecular weight is 230 g/mol. The van der Waals surface area contributed by atoms with E-state index in [0.29, 0.717) is 13.0 Å². The molecule has 94 valence electrons. The quantitative estimate of drug-likeness (QED) is 0.617. The van der Waals surface area contributed by atoms with Crippen molar-refractivity contribution in [1.82, 2.24) is 10.6 Å². The largest absolute Gasteiger partial charge is 0.444 e. The molecule has 1 saturated heterocycles. The number of carbonyl (C=O) groups is 1. The highest BCUT2D eigenvalue weighted by atomic mass is 16.6. The third-order valence-electron chi connectivity index (χ3n) is 2.51. The van der Waals surface area contributed by atoms with Gasteiger partial charge in [0.05, 0.1) is 6.10 Å². The third-order valence-corrected chi connectivity index (χ3v) is 2.51. The number of rotatable bonds is 1. The summed E-state index contributed by atoms with van der Waals surface area (Å²) in [6.45, 7) is 8.03. The lowest BCUT2D eigenvalue weighted by Crippen LogP contribution is -2.56. The molecule has 1 aliphatic rings. The van der Waals surface area contributed by atoms with Gasteiger partial charge in [0.15, 0.2) is 0 Å². The van der Waals surface area contributed by atoms with Gasteiger partial charge in [0.25, 0.3) is 0 Å². The Labute approximate surface area is 96.6 Å². The van der Waals surface area contributed by atoms with Gasteiger partial charge >= 0.3 is 6.09 Å². The number of hydrogen-bond donors (Lipinski definition) is 3. The molecule has 0 aromatic rings. The molecule has 3 unspecified atom stereocenters. The number of aliphatic hydroxyl groups is 1. The van der Waals surface area contributed by atoms with Crippen molar-refractivity contribution in [3.8, 4) is 0 Å². The fourth-order valence-corrected chi connectivity index (χ4v) is 1.69. The van der Waals surface area contributed by atoms with Crippen LogP contribution < -0.4 is 10.6 Å². The van der Waals surface area contributed by atoms with Crippen molar-refractivity contribution in [3.63, 3.8) is 0 Å². The molecule has 1 aliphatic heterocycles. The summed E-state index contributed by atoms with van der Waals surface area (Å²) in [7, 11) is 0. The van der Waals surface area contributed by atoms with Crippen molar-refractivity contribution in [2.45, 2.75) is 57.9 Å². The van der Waals surface area contributed by atoms with E-state index in [0.717, 1.165) is 0 Å². The molecule has 0 aromatic carbocycles. The van der Waals surface area contributed by atoms with Crippen LogP contribution in [0.25, 0.3) is 0 Å². The van der Waals surface area contributed by atoms with Crippen molar-refractivity contribution in [2.24, 2.45) is 0 Å². The average Bonchev–Trinajstić information content (AvgIpc) is 2.08. The van der Waals surface area contributed by atoms with E-state index in [1.54, 1.807) is 0 Å². The molecule has 16 heavy (non-hydrogen) atoms. The molecule has 3 N–H and O–H groups in total. The van der Waals surface area contributed by atoms with Crippen LogP contribution in [0.5, 0.6) is 0 Å². The van der Waals surface area contributed by atoms with Crippen LogP contribution in [0.3, 0.4) is 0 Å². The Morgan fingerprint density at radius 1 is 1.50 bits per heavy atom. The molecule has 5 heteroatoms. The van der Waals surface area contributed by atoms with Gasteiger partial charge in [-0.15, -0.1) is 0 Å². The van der Waals surface area contributed by atoms with Crippen molar-refractivity contribution in [2.75, 3.05) is 6.54 Å². The lowest BCUT2D eigenvalue weighted by Gasteiger charge is -2.34. The standard InChI is InChI=1S/C11H22N2O3/c1-7-9(5-8(14)6-12-7)13-10(15)16-11(2,3)4/h7-9,12,14H,5-6H2,1-4H3,(H,13,15). The van der Waals surface area contributed by atoms with Gasteiger partial charge in [-0.2, -0.15) is 0 Å². The Hall–Kier alpha value is -0.810. The molecule has 1 amide bonds. The number of ether oxygens (including phenoxy) is 1. The van der Waals surface area contributed by atoms with E-state index >= 15 is 0 Å². The van der Waals surface area contributed by atoms with Crippen LogP contribution in [0, 0.1) is 0 Å². The first kappa shape index (κ1) is 13.3. The highest BCUT2D eigenvalue weighted by molar-refractivity contribution is 5.68. The molecule has 0 aliphatic carbocycles. The number of nitrogens with one attached hydrogen (secondary N) is 2. The van der Waals surface area contributed by atoms with Gasteiger partial charge in [-0.05, 0) is 34.1 Å². The maximum absolute atomic E-state index is 11.5. The third kappa shape index (κ3) is 4.37. The summed E-state index contributed by atoms with van der Waals surface area (Å²) in [6.07, 6.45) is -0.274. The van der Waals surface area contributed by atoms with Gasteiger partial charge in [-0.3, -0.25) is 0 Å². The highest BCUT2D eigenvalue weighted by Crippen LogP contribution is 2.11. The van der Waals surface area contributed by atoms with Gasteiger partial charge < -0.3 is 20.5 Å². The number of carbonyl (C=O) groups excluding carboxylic acids is 1. The second-order valence-electron chi connectivity index (χ2n) is 5.34. The monoisotopic (exact) mass is 230 g/mol. The van der Waals surface area contributed by atoms with Gasteiger partial charge in [-0.1, -0.05) is 0 Å². The van der Waals surface area contributed by atoms with Crippen LogP contribution in [0.2, 0.25) is 0 Å². The SMILES string of the molecule is CC1NCC(O)CC1NC(=O)OC(C)(C)C. The number of hydrogen-bond acceptors (Lipinski definition) is 4. The summed E-state index contributed by atoms with van der Waals surface area (Å²) >= 11 is 0. The maximum Gasteiger partial charge on any atom is 0.407 e. The predicted octanol–water partition coefficient (Wildman–Crippen LogP) is 0.622. The zero-order chi connectivity index (χ0) is 12.3. The Morgan fingerprint density at radius 2 is 2.12 bits per heavy atom. The zero-order valence-corrected chi connectivity index (χ0v) is 10.4. The maximum atomic E-state index is 11.5. The minimum absolute atomic E-state index is 0.0846. The summed E-state index contributed by atoms with van der Waals surface area (Å²) in [6, 6.07) is 0.0644. The highest BCUT2D eigenvalue weighted by Gasteiger charge is 2.28. The minimum atomic E-state index is -0.492. The number of piperidine rings is 1. The van der Waals surface area contributed by atoms with Crippen LogP contribution in [0.4, 0.5) is 4.79 Å². The molecule has 0 spiro atoms. The number of amides is 1. The molecule has 0 aromatic heterocycles. The Bertz CT molecular complexity index is 250. The molecule has 0 saturated carbocycles. The molecule has 0 radical (unpaired) electrons. The summed E-state index contributed by atoms with van der Waals surface area (Å²) in [5, 5.41) is 15.4. The summed E-state index contributed by atoms with van der Waals surface area (Å²) in [4.78, 5) is 11.5. The zero-order valence-electron chi connectivity index (χ0n) is 10.4. The number of aliphatic hydroxyl groups excluding tert-OH is 1. The Balaban J connectivity index is 2.43. The number of β-amino-alcohol motifs (C(OH)–C–C–N with tert-alkyl or cyclic N) is 1. The van der Waals surface area contributed by atoms with Crippen molar-refractivity contribution in [3.05, 3.63) is 0 Å². The van der Waals surface area contributed by atoms with E-state index in [2.05, 4.69) is 10.6 Å². The van der Waals surface area contributed by atoms with E-state index in [9.17, 15) is 9.90 Å². The molecule has 1 rings (SSSR count). The second-order valence-corrected chi connectivity index (χ2v) is 5.34. The molecule has 0 bridgehead atoms. The van der Waals surface area contributed by atoms with E-state index in [-0.39, 0.29) is 12.1 Å². The van der Waals surface area contributed by atoms with Crippen LogP contribution >= 0.6 is 0 Å². The lowest BCUT2D eigenvalue weighted by atomic mass is 9.98. The second kappa shape index (κ2) is 5.01. The molecule has 1 heterocycles. The minimum Gasteiger partial charge on any atom is -0.444 e. The van der Waals surface area contributed by atoms with Gasteiger partial charge in [-0.25, -0.2) is 4.79 Å². The molecule has 3 atom stereocenters. The topological polar surface area (TPSA) is 70.6 Å². The van der Waals surface area contributed by atoms with Crippen molar-refractivity contribution >= 4 is 6.09 Å². The van der Waals surface area contributed by atoms with Crippen LogP contribution in [0.1, 0.15) is 34.1 Å². The lowest BCUT2D eigenvalue weighted by molar-refractivity contribution is 0.0433. The molecule has 1 fully saturated rings. The Kier molecular flexibility index (Phi) is 4.15. The van der Waals surface area contributed by atoms with Gasteiger partial charge in [0.2, 0.25) is 0 Å². The van der Waals surface area contributed by atoms with E-state index in [1.165, 1.54) is 0 Å². The first-order valence-corrected chi connectivity index (χ1v) is 5.69. The van der Waals surface area contributed by atoms with E-state index in [1.807, 2.05) is 27.7 Å². The normalized spacial score (nSPS) is 30.9. The van der Waals surface area contributed by atoms with Crippen LogP contribution in [-0.2, 0) is 4.74 Å². The first-order valence-electron chi connectivity index (χ1n) is 5.69. The summed E-state index contributed by atoms with van der Waals surface area (Å²) < 4.78 is 5.16.